The number of aliphatic hydroxyl groups is 1. The summed E-state index contributed by atoms with van der Waals surface area (Å²) in [6, 6.07) is 8.90. The largest absolute Gasteiger partial charge is 0.508 e. The number of rotatable bonds is 49. The Kier molecular flexibility index (Phi) is 38.8. The number of aromatic nitrogens is 1. The van der Waals surface area contributed by atoms with E-state index in [-0.39, 0.29) is 85.0 Å². The summed E-state index contributed by atoms with van der Waals surface area (Å²) in [5, 5.41) is 48.5. The first kappa shape index (κ1) is 83.2. The number of aromatic hydroxyl groups is 1. The lowest BCUT2D eigenvalue weighted by Gasteiger charge is -2.28. The molecule has 1 aromatic heterocycles. The Morgan fingerprint density at radius 1 is 0.495 bits per heavy atom. The molecule has 27 nitrogen and oxygen atoms in total. The minimum absolute atomic E-state index is 0.0120. The van der Waals surface area contributed by atoms with Gasteiger partial charge in [-0.1, -0.05) is 152 Å². The number of para-hydroxylation sites is 1. The van der Waals surface area contributed by atoms with Crippen LogP contribution in [0.25, 0.3) is 10.9 Å². The lowest BCUT2D eigenvalue weighted by Crippen LogP contribution is -2.60. The van der Waals surface area contributed by atoms with E-state index in [0.29, 0.717) is 41.3 Å². The van der Waals surface area contributed by atoms with Crippen LogP contribution in [0.4, 0.5) is 0 Å². The first-order valence-electron chi connectivity index (χ1n) is 34.3. The molecule has 0 aliphatic rings. The Morgan fingerprint density at radius 3 is 1.47 bits per heavy atom. The van der Waals surface area contributed by atoms with E-state index in [0.717, 1.165) is 94.2 Å². The van der Waals surface area contributed by atoms with Gasteiger partial charge in [-0.2, -0.15) is 0 Å². The zero-order valence-corrected chi connectivity index (χ0v) is 59.4. The summed E-state index contributed by atoms with van der Waals surface area (Å²) in [7, 11) is 0. The molecule has 4 aromatic rings. The van der Waals surface area contributed by atoms with Crippen LogP contribution in [0, 0.1) is 0 Å². The number of nitrogens with two attached hydrogens (primary N) is 3. The molecule has 19 N–H and O–H groups in total. The van der Waals surface area contributed by atoms with Crippen molar-refractivity contribution in [3.8, 4) is 5.75 Å². The zero-order valence-electron chi connectivity index (χ0n) is 57.8. The highest BCUT2D eigenvalue weighted by atomic mass is 32.2. The summed E-state index contributed by atoms with van der Waals surface area (Å²) in [5.74, 6) is -8.90. The third-order valence-electron chi connectivity index (χ3n) is 16.5. The molecule has 1 heterocycles. The number of aromatic amines is 1. The monoisotopic (exact) mass is 1410 g/mol. The second kappa shape index (κ2) is 46.2. The van der Waals surface area contributed by atoms with Gasteiger partial charge in [0.05, 0.1) is 23.9 Å². The van der Waals surface area contributed by atoms with Crippen LogP contribution in [0.1, 0.15) is 167 Å². The van der Waals surface area contributed by atoms with Gasteiger partial charge in [0.25, 0.3) is 0 Å². The number of phenolic OH excluding ortho intramolecular Hbond substituents is 1. The molecule has 0 aliphatic heterocycles. The molecule has 29 heteroatoms. The second-order valence-electron chi connectivity index (χ2n) is 24.8. The molecule has 0 saturated carbocycles. The van der Waals surface area contributed by atoms with E-state index in [4.69, 9.17) is 17.2 Å². The average Bonchev–Trinajstić information content (AvgIpc) is 1.77. The van der Waals surface area contributed by atoms with Crippen molar-refractivity contribution >= 4 is 99.4 Å². The molecular formula is C70H106N14O13S2. The molecule has 0 saturated heterocycles. The molecule has 4 rings (SSSR count). The van der Waals surface area contributed by atoms with Crippen LogP contribution in [-0.4, -0.2) is 164 Å². The standard InChI is InChI=1S/C70H106N14O13S2/c1-6-8-10-12-14-19-28-52(72)63(90)77-54(30-20-15-13-11-9-7-2)64(91)79-56(37-47-25-17-16-18-26-47)66(93)82-59(41-99-43-76-46(5)87)69(96)84-61(48-32-34-50(88)35-33-48)70(97)80-57(38-49-39-74-53-29-22-21-27-51(49)53)67(94)78-55(31-23-24-36-71)65(92)81-58(40-98-42-75-45(4)86)68(95)83-60(44(3)85)62(73)89/h16-18,21-22,25-27,29,32-35,39,44,52,54-61,74,85,88H,6-15,19-20,23-24,28,30-31,36-38,40-43,71-72H2,1-5H3,(H2,73,89)(H,75,86)(H,76,87)(H,77,90)(H,78,94)(H,79,91)(H,80,97)(H,81,92)(H,82,93)(H,83,95)(H,84,96)/t44-,52?,54?,55+,56-,57-,58+,59+,60+,61+/m1/s1. The van der Waals surface area contributed by atoms with Crippen molar-refractivity contribution in [3.63, 3.8) is 0 Å². The van der Waals surface area contributed by atoms with E-state index in [1.54, 1.807) is 60.8 Å². The SMILES string of the molecule is CCCCCCCCC(N)C(=O)NC(CCCCCCCC)C(=O)N[C@H](Cc1ccccc1)C(=O)N[C@@H](CSCNC(C)=O)C(=O)N[C@H](C(=O)N[C@H](Cc1c[nH]c2ccccc12)C(=O)N[C@@H](CCCCN)C(=O)N[C@@H](CSCNC(C)=O)C(=O)N[C@H](C(N)=O)[C@@H](C)O)c1ccc(O)cc1. The molecule has 0 bridgehead atoms. The maximum Gasteiger partial charge on any atom is 0.247 e. The molecule has 10 atom stereocenters. The first-order chi connectivity index (χ1) is 47.5. The number of carbonyl (C=O) groups is 11. The number of nitrogens with one attached hydrogen (secondary N) is 11. The van der Waals surface area contributed by atoms with Crippen molar-refractivity contribution in [1.82, 2.24) is 58.2 Å². The highest BCUT2D eigenvalue weighted by molar-refractivity contribution is 7.99. The van der Waals surface area contributed by atoms with Gasteiger partial charge in [0.15, 0.2) is 0 Å². The van der Waals surface area contributed by atoms with Crippen LogP contribution in [0.5, 0.6) is 5.75 Å². The number of hydrogen-bond acceptors (Lipinski definition) is 17. The van der Waals surface area contributed by atoms with Crippen LogP contribution in [0.15, 0.2) is 85.1 Å². The van der Waals surface area contributed by atoms with E-state index >= 15 is 14.4 Å². The number of H-pyrrole nitrogens is 1. The van der Waals surface area contributed by atoms with Gasteiger partial charge in [-0.05, 0) is 80.5 Å². The second-order valence-corrected chi connectivity index (χ2v) is 26.8. The molecule has 0 aliphatic carbocycles. The maximum absolute atomic E-state index is 15.3. The fourth-order valence-corrected chi connectivity index (χ4v) is 12.6. The van der Waals surface area contributed by atoms with E-state index in [1.165, 1.54) is 45.0 Å². The van der Waals surface area contributed by atoms with Crippen molar-refractivity contribution in [3.05, 3.63) is 102 Å². The van der Waals surface area contributed by atoms with Crippen molar-refractivity contribution in [2.45, 2.75) is 217 Å². The summed E-state index contributed by atoms with van der Waals surface area (Å²) < 4.78 is 0. The van der Waals surface area contributed by atoms with Crippen LogP contribution >= 0.6 is 23.5 Å². The summed E-state index contributed by atoms with van der Waals surface area (Å²) >= 11 is 2.10. The van der Waals surface area contributed by atoms with E-state index in [2.05, 4.69) is 72.0 Å². The number of aliphatic hydroxyl groups excluding tert-OH is 1. The van der Waals surface area contributed by atoms with Crippen molar-refractivity contribution in [1.29, 1.82) is 0 Å². The third kappa shape index (κ3) is 31.2. The van der Waals surface area contributed by atoms with Gasteiger partial charge in [0.1, 0.15) is 54.1 Å². The van der Waals surface area contributed by atoms with Crippen LogP contribution < -0.4 is 70.4 Å². The van der Waals surface area contributed by atoms with Gasteiger partial charge in [-0.3, -0.25) is 52.7 Å². The number of benzene rings is 3. The Morgan fingerprint density at radius 2 is 0.939 bits per heavy atom. The molecule has 3 aromatic carbocycles. The fourth-order valence-electron chi connectivity index (χ4n) is 10.8. The molecule has 0 spiro atoms. The van der Waals surface area contributed by atoms with E-state index < -0.39 is 114 Å². The number of carbonyl (C=O) groups excluding carboxylic acids is 11. The topological polar surface area (TPSA) is 442 Å². The number of hydrogen-bond donors (Lipinski definition) is 16. The first-order valence-corrected chi connectivity index (χ1v) is 36.7. The van der Waals surface area contributed by atoms with Crippen molar-refractivity contribution in [2.75, 3.05) is 29.8 Å². The predicted molar refractivity (Wildman–Crippen MR) is 385 cm³/mol. The van der Waals surface area contributed by atoms with Crippen LogP contribution in [0.3, 0.4) is 0 Å². The number of thioether (sulfide) groups is 2. The van der Waals surface area contributed by atoms with Gasteiger partial charge in [-0.25, -0.2) is 0 Å². The zero-order chi connectivity index (χ0) is 72.7. The highest BCUT2D eigenvalue weighted by Gasteiger charge is 2.37. The smallest absolute Gasteiger partial charge is 0.247 e. The number of phenols is 1. The Bertz CT molecular complexity index is 3200. The minimum atomic E-state index is -1.68. The molecular weight excluding hydrogens is 1310 g/mol. The predicted octanol–water partition coefficient (Wildman–Crippen LogP) is 3.39. The quantitative estimate of drug-likeness (QED) is 0.0223. The van der Waals surface area contributed by atoms with Crippen LogP contribution in [-0.2, 0) is 65.6 Å². The summed E-state index contributed by atoms with van der Waals surface area (Å²) in [5.41, 5.74) is 19.8. The van der Waals surface area contributed by atoms with Gasteiger partial charge < -0.3 is 85.6 Å². The van der Waals surface area contributed by atoms with Crippen LogP contribution in [0.2, 0.25) is 0 Å². The van der Waals surface area contributed by atoms with Gasteiger partial charge >= 0.3 is 0 Å². The lowest BCUT2D eigenvalue weighted by molar-refractivity contribution is -0.136. The van der Waals surface area contributed by atoms with Gasteiger partial charge in [-0.15, -0.1) is 23.5 Å². The average molecular weight is 1420 g/mol. The Balaban J connectivity index is 1.75. The van der Waals surface area contributed by atoms with Crippen molar-refractivity contribution < 1.29 is 63.0 Å². The normalized spacial score (nSPS) is 14.2. The molecule has 11 amide bonds. The maximum atomic E-state index is 15.3. The Hall–Kier alpha value is -8.25. The minimum Gasteiger partial charge on any atom is -0.508 e. The molecule has 0 fully saturated rings. The molecule has 99 heavy (non-hydrogen) atoms. The molecule has 2 unspecified atom stereocenters. The number of primary amides is 1. The van der Waals surface area contributed by atoms with E-state index in [9.17, 15) is 48.6 Å². The fraction of sp³-hybridized carbons (Fsp3) is 0.557. The summed E-state index contributed by atoms with van der Waals surface area (Å²) in [6.07, 6.45) is 12.7. The molecule has 0 radical (unpaired) electrons. The lowest BCUT2D eigenvalue weighted by atomic mass is 10.0. The highest BCUT2D eigenvalue weighted by Crippen LogP contribution is 2.23. The number of unbranched alkanes of at least 4 members (excludes halogenated alkanes) is 11. The summed E-state index contributed by atoms with van der Waals surface area (Å²) in [4.78, 5) is 156. The third-order valence-corrected chi connectivity index (χ3v) is 18.3. The molecule has 546 valence electrons. The van der Waals surface area contributed by atoms with E-state index in [1.807, 2.05) is 0 Å². The Labute approximate surface area is 589 Å². The van der Waals surface area contributed by atoms with Gasteiger partial charge in [0.2, 0.25) is 65.0 Å². The van der Waals surface area contributed by atoms with Crippen molar-refractivity contribution in [2.24, 2.45) is 17.2 Å². The summed E-state index contributed by atoms with van der Waals surface area (Å²) in [6.45, 7) is 8.29. The number of fused-ring (bicyclic) bond motifs is 1. The van der Waals surface area contributed by atoms with Gasteiger partial charge in [0, 0.05) is 55.3 Å². The number of amides is 11.